The van der Waals surface area contributed by atoms with Gasteiger partial charge in [-0.15, -0.1) is 0 Å². The van der Waals surface area contributed by atoms with Gasteiger partial charge in [0.15, 0.2) is 0 Å². The van der Waals surface area contributed by atoms with Crippen LogP contribution in [0.2, 0.25) is 0 Å². The highest BCUT2D eigenvalue weighted by Crippen LogP contribution is 2.21. The van der Waals surface area contributed by atoms with Gasteiger partial charge < -0.3 is 25.8 Å². The van der Waals surface area contributed by atoms with Crippen molar-refractivity contribution in [3.8, 4) is 0 Å². The van der Waals surface area contributed by atoms with Crippen molar-refractivity contribution in [2.24, 2.45) is 12.8 Å². The average molecular weight is 347 g/mol. The minimum Gasteiger partial charge on any atom is -0.481 e. The summed E-state index contributed by atoms with van der Waals surface area (Å²) in [7, 11) is 1.86. The highest BCUT2D eigenvalue weighted by atomic mass is 16.4. The van der Waals surface area contributed by atoms with Gasteiger partial charge >= 0.3 is 11.9 Å². The Bertz CT molecular complexity index is 799. The van der Waals surface area contributed by atoms with Crippen LogP contribution in [-0.4, -0.2) is 44.7 Å². The van der Waals surface area contributed by atoms with Gasteiger partial charge in [0.25, 0.3) is 0 Å². The molecule has 0 saturated heterocycles. The smallest absolute Gasteiger partial charge is 0.326 e. The van der Waals surface area contributed by atoms with Gasteiger partial charge in [-0.25, -0.2) is 4.79 Å². The number of para-hydroxylation sites is 1. The standard InChI is InChI=1S/C17H21N3O5/c1-20-9-10(11-4-2-3-5-14(11)20)8-13(17(24)25)19-16(23)12(18)6-7-15(21)22/h2-5,9,12-13H,6-8,18H2,1H3,(H,19,23)(H,21,22)(H,24,25)/t12?,13-/m1/s1. The van der Waals surface area contributed by atoms with Crippen LogP contribution in [0.3, 0.4) is 0 Å². The largest absolute Gasteiger partial charge is 0.481 e. The van der Waals surface area contributed by atoms with Crippen LogP contribution in [0.5, 0.6) is 0 Å². The maximum absolute atomic E-state index is 12.0. The lowest BCUT2D eigenvalue weighted by Crippen LogP contribution is -2.49. The molecule has 2 rings (SSSR count). The summed E-state index contributed by atoms with van der Waals surface area (Å²) in [6, 6.07) is 5.37. The van der Waals surface area contributed by atoms with Gasteiger partial charge in [-0.2, -0.15) is 0 Å². The Hall–Kier alpha value is -2.87. The minimum absolute atomic E-state index is 0.0538. The van der Waals surface area contributed by atoms with E-state index in [4.69, 9.17) is 10.8 Å². The van der Waals surface area contributed by atoms with Crippen LogP contribution in [0.4, 0.5) is 0 Å². The second-order valence-corrected chi connectivity index (χ2v) is 5.92. The first-order valence-corrected chi connectivity index (χ1v) is 7.83. The van der Waals surface area contributed by atoms with E-state index >= 15 is 0 Å². The predicted molar refractivity (Wildman–Crippen MR) is 91.0 cm³/mol. The second-order valence-electron chi connectivity index (χ2n) is 5.92. The van der Waals surface area contributed by atoms with Crippen molar-refractivity contribution in [3.05, 3.63) is 36.0 Å². The molecule has 0 aliphatic rings. The molecule has 1 aromatic heterocycles. The van der Waals surface area contributed by atoms with Gasteiger partial charge in [-0.05, 0) is 18.1 Å². The zero-order valence-electron chi connectivity index (χ0n) is 13.8. The molecular weight excluding hydrogens is 326 g/mol. The fourth-order valence-corrected chi connectivity index (χ4v) is 2.70. The molecule has 0 radical (unpaired) electrons. The first-order valence-electron chi connectivity index (χ1n) is 7.83. The van der Waals surface area contributed by atoms with Crippen LogP contribution in [0.1, 0.15) is 18.4 Å². The molecule has 1 heterocycles. The molecule has 1 aromatic carbocycles. The fourth-order valence-electron chi connectivity index (χ4n) is 2.70. The average Bonchev–Trinajstić information content (AvgIpc) is 2.88. The van der Waals surface area contributed by atoms with Crippen LogP contribution >= 0.6 is 0 Å². The van der Waals surface area contributed by atoms with Crippen LogP contribution < -0.4 is 11.1 Å². The Morgan fingerprint density at radius 3 is 2.56 bits per heavy atom. The van der Waals surface area contributed by atoms with Crippen molar-refractivity contribution in [3.63, 3.8) is 0 Å². The molecule has 1 unspecified atom stereocenters. The monoisotopic (exact) mass is 347 g/mol. The number of rotatable bonds is 8. The van der Waals surface area contributed by atoms with Gasteiger partial charge in [0, 0.05) is 37.0 Å². The van der Waals surface area contributed by atoms with E-state index in [1.165, 1.54) is 0 Å². The van der Waals surface area contributed by atoms with Crippen molar-refractivity contribution in [1.82, 2.24) is 9.88 Å². The van der Waals surface area contributed by atoms with E-state index in [1.807, 2.05) is 42.1 Å². The van der Waals surface area contributed by atoms with Crippen molar-refractivity contribution >= 4 is 28.7 Å². The molecule has 0 aliphatic carbocycles. The summed E-state index contributed by atoms with van der Waals surface area (Å²) in [6.45, 7) is 0. The summed E-state index contributed by atoms with van der Waals surface area (Å²) in [5.41, 5.74) is 7.39. The maximum atomic E-state index is 12.0. The Balaban J connectivity index is 2.11. The number of amides is 1. The number of nitrogens with one attached hydrogen (secondary N) is 1. The van der Waals surface area contributed by atoms with Gasteiger partial charge in [-0.1, -0.05) is 18.2 Å². The Kier molecular flexibility index (Phi) is 5.76. The number of fused-ring (bicyclic) bond motifs is 1. The number of hydrogen-bond donors (Lipinski definition) is 4. The summed E-state index contributed by atoms with van der Waals surface area (Å²) in [6.07, 6.45) is 1.63. The molecule has 1 amide bonds. The van der Waals surface area contributed by atoms with Crippen molar-refractivity contribution in [2.45, 2.75) is 31.3 Å². The summed E-state index contributed by atoms with van der Waals surface area (Å²) in [5, 5.41) is 21.3. The number of hydrogen-bond acceptors (Lipinski definition) is 4. The molecule has 25 heavy (non-hydrogen) atoms. The number of benzene rings is 1. The molecule has 134 valence electrons. The van der Waals surface area contributed by atoms with E-state index in [1.54, 1.807) is 0 Å². The SMILES string of the molecule is Cn1cc(C[C@@H](NC(=O)C(N)CCC(=O)O)C(=O)O)c2ccccc21. The number of carbonyl (C=O) groups excluding carboxylic acids is 1. The zero-order valence-corrected chi connectivity index (χ0v) is 13.8. The van der Waals surface area contributed by atoms with Crippen LogP contribution in [-0.2, 0) is 27.9 Å². The maximum Gasteiger partial charge on any atom is 0.326 e. The Morgan fingerprint density at radius 2 is 1.92 bits per heavy atom. The van der Waals surface area contributed by atoms with Crippen molar-refractivity contribution in [2.75, 3.05) is 0 Å². The van der Waals surface area contributed by atoms with E-state index in [0.717, 1.165) is 16.5 Å². The van der Waals surface area contributed by atoms with Gasteiger partial charge in [-0.3, -0.25) is 9.59 Å². The number of carboxylic acid groups (broad SMARTS) is 2. The summed E-state index contributed by atoms with van der Waals surface area (Å²) < 4.78 is 1.89. The Morgan fingerprint density at radius 1 is 1.24 bits per heavy atom. The molecule has 0 spiro atoms. The fraction of sp³-hybridized carbons (Fsp3) is 0.353. The van der Waals surface area contributed by atoms with E-state index in [-0.39, 0.29) is 19.3 Å². The lowest BCUT2D eigenvalue weighted by atomic mass is 10.0. The molecule has 0 aliphatic heterocycles. The van der Waals surface area contributed by atoms with Gasteiger partial charge in [0.2, 0.25) is 5.91 Å². The van der Waals surface area contributed by atoms with Crippen LogP contribution in [0.15, 0.2) is 30.5 Å². The number of nitrogens with zero attached hydrogens (tertiary/aromatic N) is 1. The van der Waals surface area contributed by atoms with Crippen LogP contribution in [0, 0.1) is 0 Å². The Labute approximate surface area is 144 Å². The molecule has 0 saturated carbocycles. The molecule has 0 fully saturated rings. The molecular formula is C17H21N3O5. The lowest BCUT2D eigenvalue weighted by molar-refractivity contribution is -0.142. The quantitative estimate of drug-likeness (QED) is 0.549. The van der Waals surface area contributed by atoms with E-state index in [9.17, 15) is 19.5 Å². The number of nitrogens with two attached hydrogens (primary N) is 1. The molecule has 2 atom stereocenters. The highest BCUT2D eigenvalue weighted by molar-refractivity contribution is 5.89. The van der Waals surface area contributed by atoms with Crippen molar-refractivity contribution in [1.29, 1.82) is 0 Å². The number of aliphatic carboxylic acids is 2. The molecule has 0 bridgehead atoms. The number of carboxylic acids is 2. The van der Waals surface area contributed by atoms with Gasteiger partial charge in [0.05, 0.1) is 6.04 Å². The lowest BCUT2D eigenvalue weighted by Gasteiger charge is -2.17. The third-order valence-electron chi connectivity index (χ3n) is 4.02. The zero-order chi connectivity index (χ0) is 18.6. The summed E-state index contributed by atoms with van der Waals surface area (Å²) >= 11 is 0. The van der Waals surface area contributed by atoms with E-state index < -0.39 is 29.9 Å². The third-order valence-corrected chi connectivity index (χ3v) is 4.02. The first-order chi connectivity index (χ1) is 11.8. The summed E-state index contributed by atoms with van der Waals surface area (Å²) in [4.78, 5) is 34.1. The number of carbonyl (C=O) groups is 3. The molecule has 5 N–H and O–H groups in total. The molecule has 8 heteroatoms. The van der Waals surface area contributed by atoms with Crippen molar-refractivity contribution < 1.29 is 24.6 Å². The number of aromatic nitrogens is 1. The molecule has 2 aromatic rings. The molecule has 8 nitrogen and oxygen atoms in total. The first kappa shape index (κ1) is 18.5. The highest BCUT2D eigenvalue weighted by Gasteiger charge is 2.25. The predicted octanol–water partition coefficient (Wildman–Crippen LogP) is 0.482. The number of aryl methyl sites for hydroxylation is 1. The van der Waals surface area contributed by atoms with E-state index in [0.29, 0.717) is 0 Å². The normalized spacial score (nSPS) is 13.4. The van der Waals surface area contributed by atoms with Gasteiger partial charge in [0.1, 0.15) is 6.04 Å². The van der Waals surface area contributed by atoms with Crippen LogP contribution in [0.25, 0.3) is 10.9 Å². The van der Waals surface area contributed by atoms with E-state index in [2.05, 4.69) is 5.32 Å². The summed E-state index contributed by atoms with van der Waals surface area (Å²) in [5.74, 6) is -2.91. The minimum atomic E-state index is -1.17. The third kappa shape index (κ3) is 4.57. The second kappa shape index (κ2) is 7.80. The topological polar surface area (TPSA) is 135 Å².